The van der Waals surface area contributed by atoms with Gasteiger partial charge in [-0.3, -0.25) is 0 Å². The molecule has 0 aliphatic carbocycles. The summed E-state index contributed by atoms with van der Waals surface area (Å²) in [6.45, 7) is 4.97. The molecule has 0 aliphatic heterocycles. The van der Waals surface area contributed by atoms with Gasteiger partial charge in [0.2, 0.25) is 5.88 Å². The highest BCUT2D eigenvalue weighted by atomic mass is 16.5. The Morgan fingerprint density at radius 1 is 1.17 bits per heavy atom. The Morgan fingerprint density at radius 2 is 2.00 bits per heavy atom. The van der Waals surface area contributed by atoms with Gasteiger partial charge in [0.25, 0.3) is 0 Å². The van der Waals surface area contributed by atoms with E-state index in [1.165, 1.54) is 16.8 Å². The number of ether oxygens (including phenoxy) is 1. The molecule has 0 unspecified atom stereocenters. The number of anilines is 1. The summed E-state index contributed by atoms with van der Waals surface area (Å²) in [6, 6.07) is 10.3. The zero-order valence-electron chi connectivity index (χ0n) is 11.0. The molecule has 1 N–H and O–H groups in total. The maximum Gasteiger partial charge on any atom is 0.212 e. The number of rotatable bonds is 4. The number of hydrogen-bond donors (Lipinski definition) is 1. The molecule has 0 saturated heterocycles. The quantitative estimate of drug-likeness (QED) is 0.893. The summed E-state index contributed by atoms with van der Waals surface area (Å²) < 4.78 is 5.04. The Labute approximate surface area is 108 Å². The largest absolute Gasteiger partial charge is 0.481 e. The number of nitrogens with zero attached hydrogens (tertiary/aromatic N) is 1. The van der Waals surface area contributed by atoms with Crippen LogP contribution in [0.4, 0.5) is 5.69 Å². The Balaban J connectivity index is 2.04. The molecule has 0 spiro atoms. The SMILES string of the molecule is COc1ccc(CNc2cc(C)ccc2C)cn1. The van der Waals surface area contributed by atoms with Crippen molar-refractivity contribution in [3.63, 3.8) is 0 Å². The zero-order chi connectivity index (χ0) is 13.0. The van der Waals surface area contributed by atoms with Gasteiger partial charge in [0, 0.05) is 24.5 Å². The van der Waals surface area contributed by atoms with Gasteiger partial charge in [0.05, 0.1) is 7.11 Å². The minimum absolute atomic E-state index is 0.644. The predicted octanol–water partition coefficient (Wildman–Crippen LogP) is 3.32. The molecule has 3 heteroatoms. The molecule has 18 heavy (non-hydrogen) atoms. The van der Waals surface area contributed by atoms with E-state index in [4.69, 9.17) is 4.74 Å². The van der Waals surface area contributed by atoms with Gasteiger partial charge < -0.3 is 10.1 Å². The fraction of sp³-hybridized carbons (Fsp3) is 0.267. The van der Waals surface area contributed by atoms with E-state index in [1.807, 2.05) is 18.3 Å². The lowest BCUT2D eigenvalue weighted by Crippen LogP contribution is -2.02. The van der Waals surface area contributed by atoms with Crippen LogP contribution in [0, 0.1) is 13.8 Å². The fourth-order valence-electron chi connectivity index (χ4n) is 1.76. The average molecular weight is 242 g/mol. The highest BCUT2D eigenvalue weighted by Crippen LogP contribution is 2.17. The topological polar surface area (TPSA) is 34.1 Å². The van der Waals surface area contributed by atoms with E-state index >= 15 is 0 Å². The van der Waals surface area contributed by atoms with Crippen molar-refractivity contribution in [1.29, 1.82) is 0 Å². The summed E-state index contributed by atoms with van der Waals surface area (Å²) in [5, 5.41) is 3.43. The number of aromatic nitrogens is 1. The lowest BCUT2D eigenvalue weighted by molar-refractivity contribution is 0.397. The van der Waals surface area contributed by atoms with Gasteiger partial charge in [-0.1, -0.05) is 18.2 Å². The van der Waals surface area contributed by atoms with Crippen LogP contribution < -0.4 is 10.1 Å². The van der Waals surface area contributed by atoms with E-state index in [9.17, 15) is 0 Å². The number of aryl methyl sites for hydroxylation is 2. The molecule has 0 atom stereocenters. The van der Waals surface area contributed by atoms with Gasteiger partial charge >= 0.3 is 0 Å². The zero-order valence-corrected chi connectivity index (χ0v) is 11.0. The van der Waals surface area contributed by atoms with Crippen molar-refractivity contribution in [1.82, 2.24) is 4.98 Å². The van der Waals surface area contributed by atoms with Crippen molar-refractivity contribution in [3.8, 4) is 5.88 Å². The minimum Gasteiger partial charge on any atom is -0.481 e. The molecular weight excluding hydrogens is 224 g/mol. The highest BCUT2D eigenvalue weighted by molar-refractivity contribution is 5.52. The monoisotopic (exact) mass is 242 g/mol. The predicted molar refractivity (Wildman–Crippen MR) is 74.0 cm³/mol. The van der Waals surface area contributed by atoms with E-state index in [-0.39, 0.29) is 0 Å². The Bertz CT molecular complexity index is 521. The first-order valence-electron chi connectivity index (χ1n) is 5.99. The Kier molecular flexibility index (Phi) is 3.82. The maximum atomic E-state index is 5.04. The van der Waals surface area contributed by atoms with Crippen LogP contribution in [-0.2, 0) is 6.54 Å². The molecule has 0 saturated carbocycles. The maximum absolute atomic E-state index is 5.04. The lowest BCUT2D eigenvalue weighted by Gasteiger charge is -2.10. The third kappa shape index (κ3) is 3.00. The third-order valence-electron chi connectivity index (χ3n) is 2.88. The molecule has 94 valence electrons. The van der Waals surface area contributed by atoms with E-state index < -0.39 is 0 Å². The van der Waals surface area contributed by atoms with Crippen LogP contribution in [0.2, 0.25) is 0 Å². The molecule has 0 amide bonds. The van der Waals surface area contributed by atoms with Crippen LogP contribution in [0.15, 0.2) is 36.5 Å². The molecule has 0 aliphatic rings. The summed E-state index contributed by atoms with van der Waals surface area (Å²) in [5.41, 5.74) is 4.82. The molecule has 0 radical (unpaired) electrons. The fourth-order valence-corrected chi connectivity index (χ4v) is 1.76. The van der Waals surface area contributed by atoms with Gasteiger partial charge in [-0.25, -0.2) is 4.98 Å². The molecular formula is C15H18N2O. The van der Waals surface area contributed by atoms with E-state index in [2.05, 4.69) is 42.3 Å². The number of nitrogens with one attached hydrogen (secondary N) is 1. The van der Waals surface area contributed by atoms with Crippen molar-refractivity contribution >= 4 is 5.69 Å². The van der Waals surface area contributed by atoms with Crippen molar-refractivity contribution in [3.05, 3.63) is 53.2 Å². The van der Waals surface area contributed by atoms with Crippen LogP contribution in [0.3, 0.4) is 0 Å². The molecule has 3 nitrogen and oxygen atoms in total. The van der Waals surface area contributed by atoms with Gasteiger partial charge in [-0.05, 0) is 36.6 Å². The van der Waals surface area contributed by atoms with Crippen LogP contribution in [0.1, 0.15) is 16.7 Å². The standard InChI is InChI=1S/C15H18N2O/c1-11-4-5-12(2)14(8-11)16-9-13-6-7-15(18-3)17-10-13/h4-8,10,16H,9H2,1-3H3. The van der Waals surface area contributed by atoms with Gasteiger partial charge in [-0.15, -0.1) is 0 Å². The Hall–Kier alpha value is -2.03. The second-order valence-corrected chi connectivity index (χ2v) is 4.38. The molecule has 2 rings (SSSR count). The summed E-state index contributed by atoms with van der Waals surface area (Å²) in [4.78, 5) is 4.19. The number of methoxy groups -OCH3 is 1. The van der Waals surface area contributed by atoms with Crippen LogP contribution >= 0.6 is 0 Å². The summed E-state index contributed by atoms with van der Waals surface area (Å²) >= 11 is 0. The summed E-state index contributed by atoms with van der Waals surface area (Å²) in [7, 11) is 1.62. The smallest absolute Gasteiger partial charge is 0.212 e. The normalized spacial score (nSPS) is 10.2. The van der Waals surface area contributed by atoms with Crippen LogP contribution in [-0.4, -0.2) is 12.1 Å². The van der Waals surface area contributed by atoms with Crippen molar-refractivity contribution in [2.75, 3.05) is 12.4 Å². The molecule has 1 aromatic carbocycles. The molecule has 2 aromatic rings. The van der Waals surface area contributed by atoms with Crippen molar-refractivity contribution in [2.24, 2.45) is 0 Å². The lowest BCUT2D eigenvalue weighted by atomic mass is 10.1. The number of benzene rings is 1. The van der Waals surface area contributed by atoms with E-state index in [1.54, 1.807) is 7.11 Å². The van der Waals surface area contributed by atoms with Crippen molar-refractivity contribution in [2.45, 2.75) is 20.4 Å². The van der Waals surface area contributed by atoms with Crippen LogP contribution in [0.25, 0.3) is 0 Å². The second-order valence-electron chi connectivity index (χ2n) is 4.38. The van der Waals surface area contributed by atoms with Crippen molar-refractivity contribution < 1.29 is 4.74 Å². The second kappa shape index (κ2) is 5.54. The van der Waals surface area contributed by atoms with Gasteiger partial charge in [-0.2, -0.15) is 0 Å². The molecule has 0 bridgehead atoms. The van der Waals surface area contributed by atoms with E-state index in [0.29, 0.717) is 5.88 Å². The highest BCUT2D eigenvalue weighted by Gasteiger charge is 1.99. The number of hydrogen-bond acceptors (Lipinski definition) is 3. The molecule has 1 heterocycles. The first kappa shape index (κ1) is 12.4. The first-order chi connectivity index (χ1) is 8.69. The van der Waals surface area contributed by atoms with Crippen LogP contribution in [0.5, 0.6) is 5.88 Å². The van der Waals surface area contributed by atoms with Gasteiger partial charge in [0.1, 0.15) is 0 Å². The molecule has 0 fully saturated rings. The first-order valence-corrected chi connectivity index (χ1v) is 5.99. The molecule has 1 aromatic heterocycles. The average Bonchev–Trinajstić information content (AvgIpc) is 2.40. The van der Waals surface area contributed by atoms with Gasteiger partial charge in [0.15, 0.2) is 0 Å². The third-order valence-corrected chi connectivity index (χ3v) is 2.88. The minimum atomic E-state index is 0.644. The van der Waals surface area contributed by atoms with E-state index in [0.717, 1.165) is 12.1 Å². The summed E-state index contributed by atoms with van der Waals surface area (Å²) in [5.74, 6) is 0.644. The summed E-state index contributed by atoms with van der Waals surface area (Å²) in [6.07, 6.45) is 1.83. The number of pyridine rings is 1. The Morgan fingerprint density at radius 3 is 2.67 bits per heavy atom.